The van der Waals surface area contributed by atoms with Crippen molar-refractivity contribution < 1.29 is 19.4 Å². The number of aliphatic hydroxyl groups is 1. The summed E-state index contributed by atoms with van der Waals surface area (Å²) in [5.74, 6) is 0.112. The molecule has 4 nitrogen and oxygen atoms in total. The predicted molar refractivity (Wildman–Crippen MR) is 48.9 cm³/mol. The average Bonchev–Trinajstić information content (AvgIpc) is 1.95. The summed E-state index contributed by atoms with van der Waals surface area (Å²) in [5.41, 5.74) is -0.445. The molecule has 1 saturated heterocycles. The molecule has 5 heteroatoms. The molecule has 13 heavy (non-hydrogen) atoms. The van der Waals surface area contributed by atoms with Crippen LogP contribution in [0.5, 0.6) is 0 Å². The topological polar surface area (TPSA) is 58.9 Å². The third-order valence-corrected chi connectivity index (χ3v) is 2.64. The van der Waals surface area contributed by atoms with Gasteiger partial charge in [-0.15, -0.1) is 0 Å². The third kappa shape index (κ3) is 2.43. The highest BCUT2D eigenvalue weighted by atomic mass is 16.7. The van der Waals surface area contributed by atoms with Gasteiger partial charge in [0.05, 0.1) is 5.60 Å². The minimum Gasteiger partial charge on any atom is -0.402 e. The van der Waals surface area contributed by atoms with Gasteiger partial charge in [-0.25, -0.2) is 0 Å². The van der Waals surface area contributed by atoms with Gasteiger partial charge >= 0.3 is 7.32 Å². The Bertz CT molecular complexity index is 174. The standard InChI is InChI=1S/C8H17BO4/c1-6-7(4-5-10)8(2,3)13-9(11)12-6/h6-7,10-11H,4-5H2,1-3H3. The van der Waals surface area contributed by atoms with Crippen molar-refractivity contribution in [1.82, 2.24) is 0 Å². The maximum Gasteiger partial charge on any atom is 0.637 e. The van der Waals surface area contributed by atoms with E-state index in [2.05, 4.69) is 0 Å². The molecule has 2 unspecified atom stereocenters. The first-order valence-corrected chi connectivity index (χ1v) is 4.59. The van der Waals surface area contributed by atoms with Gasteiger partial charge in [0.15, 0.2) is 0 Å². The van der Waals surface area contributed by atoms with Gasteiger partial charge in [0.25, 0.3) is 0 Å². The summed E-state index contributed by atoms with van der Waals surface area (Å²) in [6.07, 6.45) is 0.534. The Morgan fingerprint density at radius 2 is 2.08 bits per heavy atom. The fourth-order valence-corrected chi connectivity index (χ4v) is 1.94. The van der Waals surface area contributed by atoms with Crippen molar-refractivity contribution in [3.8, 4) is 0 Å². The molecule has 0 saturated carbocycles. The van der Waals surface area contributed by atoms with E-state index in [1.54, 1.807) is 0 Å². The molecule has 1 rings (SSSR count). The summed E-state index contributed by atoms with van der Waals surface area (Å²) >= 11 is 0. The zero-order chi connectivity index (χ0) is 10.1. The Balaban J connectivity index is 2.67. The van der Waals surface area contributed by atoms with E-state index in [-0.39, 0.29) is 18.6 Å². The third-order valence-electron chi connectivity index (χ3n) is 2.64. The molecule has 0 aromatic rings. The van der Waals surface area contributed by atoms with E-state index < -0.39 is 12.9 Å². The van der Waals surface area contributed by atoms with Crippen LogP contribution in [-0.2, 0) is 9.31 Å². The van der Waals surface area contributed by atoms with Crippen LogP contribution in [0.4, 0.5) is 0 Å². The van der Waals surface area contributed by atoms with Crippen molar-refractivity contribution >= 4 is 7.32 Å². The van der Waals surface area contributed by atoms with Crippen molar-refractivity contribution in [1.29, 1.82) is 0 Å². The fourth-order valence-electron chi connectivity index (χ4n) is 1.94. The summed E-state index contributed by atoms with van der Waals surface area (Å²) in [6, 6.07) is 0. The Hall–Kier alpha value is -0.0951. The highest BCUT2D eigenvalue weighted by Gasteiger charge is 2.44. The Labute approximate surface area is 79.0 Å². The van der Waals surface area contributed by atoms with Crippen LogP contribution in [-0.4, -0.2) is 35.8 Å². The first-order valence-electron chi connectivity index (χ1n) is 4.59. The van der Waals surface area contributed by atoms with E-state index in [0.717, 1.165) is 0 Å². The molecule has 2 atom stereocenters. The quantitative estimate of drug-likeness (QED) is 0.606. The number of hydrogen-bond acceptors (Lipinski definition) is 4. The lowest BCUT2D eigenvalue weighted by Gasteiger charge is -2.43. The molecular formula is C8H17BO4. The van der Waals surface area contributed by atoms with Crippen LogP contribution >= 0.6 is 0 Å². The van der Waals surface area contributed by atoms with Gasteiger partial charge in [-0.1, -0.05) is 0 Å². The second kappa shape index (κ2) is 3.96. The van der Waals surface area contributed by atoms with Crippen molar-refractivity contribution in [2.45, 2.75) is 38.9 Å². The summed E-state index contributed by atoms with van der Waals surface area (Å²) in [5, 5.41) is 18.1. The molecule has 0 radical (unpaired) electrons. The van der Waals surface area contributed by atoms with Gasteiger partial charge in [-0.2, -0.15) is 0 Å². The Morgan fingerprint density at radius 1 is 1.46 bits per heavy atom. The van der Waals surface area contributed by atoms with Crippen LogP contribution in [0.25, 0.3) is 0 Å². The van der Waals surface area contributed by atoms with Crippen molar-refractivity contribution in [2.24, 2.45) is 5.92 Å². The molecule has 0 aliphatic carbocycles. The molecule has 1 aliphatic rings. The summed E-state index contributed by atoms with van der Waals surface area (Å²) < 4.78 is 10.3. The van der Waals surface area contributed by atoms with E-state index >= 15 is 0 Å². The zero-order valence-corrected chi connectivity index (χ0v) is 8.36. The molecule has 76 valence electrons. The largest absolute Gasteiger partial charge is 0.637 e. The molecular weight excluding hydrogens is 171 g/mol. The average molecular weight is 188 g/mol. The summed E-state index contributed by atoms with van der Waals surface area (Å²) in [6.45, 7) is 5.79. The lowest BCUT2D eigenvalue weighted by atomic mass is 9.80. The Morgan fingerprint density at radius 3 is 2.54 bits per heavy atom. The molecule has 0 bridgehead atoms. The number of rotatable bonds is 2. The molecule has 2 N–H and O–H groups in total. The minimum atomic E-state index is -1.14. The van der Waals surface area contributed by atoms with Crippen molar-refractivity contribution in [3.63, 3.8) is 0 Å². The van der Waals surface area contributed by atoms with Gasteiger partial charge in [-0.05, 0) is 27.2 Å². The molecule has 1 aliphatic heterocycles. The SMILES string of the molecule is CC1OB(O)OC(C)(C)C1CCO. The van der Waals surface area contributed by atoms with Crippen LogP contribution in [0.15, 0.2) is 0 Å². The van der Waals surface area contributed by atoms with Gasteiger partial charge in [0, 0.05) is 18.6 Å². The van der Waals surface area contributed by atoms with Gasteiger partial charge in [-0.3, -0.25) is 0 Å². The fraction of sp³-hybridized carbons (Fsp3) is 1.00. The first kappa shape index (κ1) is 11.0. The predicted octanol–water partition coefficient (Wildman–Crippen LogP) is 0.176. The normalized spacial score (nSPS) is 33.5. The molecule has 1 fully saturated rings. The first-order chi connectivity index (χ1) is 5.97. The van der Waals surface area contributed by atoms with Crippen LogP contribution in [0.1, 0.15) is 27.2 Å². The van der Waals surface area contributed by atoms with Crippen LogP contribution in [0.3, 0.4) is 0 Å². The Kier molecular flexibility index (Phi) is 3.35. The van der Waals surface area contributed by atoms with Gasteiger partial charge < -0.3 is 19.4 Å². The highest BCUT2D eigenvalue weighted by Crippen LogP contribution is 2.33. The molecule has 1 heterocycles. The van der Waals surface area contributed by atoms with E-state index in [9.17, 15) is 5.02 Å². The van der Waals surface area contributed by atoms with Gasteiger partial charge in [0.1, 0.15) is 0 Å². The zero-order valence-electron chi connectivity index (χ0n) is 8.36. The lowest BCUT2D eigenvalue weighted by molar-refractivity contribution is -0.113. The van der Waals surface area contributed by atoms with E-state index in [0.29, 0.717) is 6.42 Å². The number of aliphatic hydroxyl groups excluding tert-OH is 1. The molecule has 0 aromatic heterocycles. The molecule has 0 spiro atoms. The van der Waals surface area contributed by atoms with Crippen molar-refractivity contribution in [3.05, 3.63) is 0 Å². The second-order valence-electron chi connectivity index (χ2n) is 3.99. The van der Waals surface area contributed by atoms with Gasteiger partial charge in [0.2, 0.25) is 0 Å². The maximum atomic E-state index is 9.19. The van der Waals surface area contributed by atoms with Crippen LogP contribution in [0.2, 0.25) is 0 Å². The number of hydrogen-bond donors (Lipinski definition) is 2. The van der Waals surface area contributed by atoms with E-state index in [1.165, 1.54) is 0 Å². The summed E-state index contributed by atoms with van der Waals surface area (Å²) in [7, 11) is -1.14. The lowest BCUT2D eigenvalue weighted by Crippen LogP contribution is -2.53. The van der Waals surface area contributed by atoms with Crippen LogP contribution < -0.4 is 0 Å². The van der Waals surface area contributed by atoms with Crippen LogP contribution in [0, 0.1) is 5.92 Å². The maximum absolute atomic E-state index is 9.19. The highest BCUT2D eigenvalue weighted by molar-refractivity contribution is 6.35. The smallest absolute Gasteiger partial charge is 0.402 e. The molecule has 0 amide bonds. The molecule has 0 aromatic carbocycles. The van der Waals surface area contributed by atoms with E-state index in [4.69, 9.17) is 14.4 Å². The minimum absolute atomic E-state index is 0.0918. The monoisotopic (exact) mass is 188 g/mol. The summed E-state index contributed by atoms with van der Waals surface area (Å²) in [4.78, 5) is 0. The van der Waals surface area contributed by atoms with Crippen molar-refractivity contribution in [2.75, 3.05) is 6.61 Å². The van der Waals surface area contributed by atoms with E-state index in [1.807, 2.05) is 20.8 Å². The second-order valence-corrected chi connectivity index (χ2v) is 3.99.